The number of carboxylic acid groups (broad SMARTS) is 1. The summed E-state index contributed by atoms with van der Waals surface area (Å²) in [5, 5.41) is 27.4. The highest BCUT2D eigenvalue weighted by molar-refractivity contribution is 7.20. The van der Waals surface area contributed by atoms with Gasteiger partial charge in [-0.25, -0.2) is 14.8 Å². The Morgan fingerprint density at radius 3 is 2.52 bits per heavy atom. The Kier molecular flexibility index (Phi) is 6.23. The summed E-state index contributed by atoms with van der Waals surface area (Å²) in [4.78, 5) is 31.8. The van der Waals surface area contributed by atoms with Gasteiger partial charge in [-0.3, -0.25) is 4.79 Å². The lowest BCUT2D eigenvalue weighted by molar-refractivity contribution is -0.122. The van der Waals surface area contributed by atoms with Crippen LogP contribution in [-0.4, -0.2) is 70.1 Å². The van der Waals surface area contributed by atoms with Gasteiger partial charge >= 0.3 is 5.97 Å². The van der Waals surface area contributed by atoms with Gasteiger partial charge in [0.2, 0.25) is 0 Å². The van der Waals surface area contributed by atoms with Crippen LogP contribution in [0.25, 0.3) is 10.2 Å². The molecule has 10 heteroatoms. The van der Waals surface area contributed by atoms with Crippen molar-refractivity contribution in [3.63, 3.8) is 0 Å². The van der Waals surface area contributed by atoms with Crippen LogP contribution in [0.2, 0.25) is 0 Å². The minimum Gasteiger partial charge on any atom is -0.483 e. The van der Waals surface area contributed by atoms with Gasteiger partial charge in [-0.1, -0.05) is 0 Å². The summed E-state index contributed by atoms with van der Waals surface area (Å²) in [6.45, 7) is 2.37. The summed E-state index contributed by atoms with van der Waals surface area (Å²) >= 11 is 1.26. The van der Waals surface area contributed by atoms with Gasteiger partial charge in [-0.15, -0.1) is 11.3 Å². The molecule has 25 heavy (non-hydrogen) atoms. The Hall–Kier alpha value is -2.30. The number of nitrogens with zero attached hydrogens (tertiary/aromatic N) is 3. The molecule has 2 aromatic heterocycles. The highest BCUT2D eigenvalue weighted by Gasteiger charge is 2.28. The van der Waals surface area contributed by atoms with E-state index in [1.807, 2.05) is 11.8 Å². The topological polar surface area (TPSA) is 133 Å². The van der Waals surface area contributed by atoms with Crippen LogP contribution >= 0.6 is 11.3 Å². The molecule has 0 amide bonds. The first-order valence-electron chi connectivity index (χ1n) is 7.44. The number of aromatic nitrogens is 2. The molecule has 1 aliphatic heterocycles. The molecule has 0 aliphatic carbocycles. The molecule has 136 valence electrons. The van der Waals surface area contributed by atoms with Gasteiger partial charge < -0.3 is 25.0 Å². The number of thiophene rings is 1. The average molecular weight is 369 g/mol. The Bertz CT molecular complexity index is 755. The SMILES string of the molecule is COC(=O)c1sc2ncnc(N3C[C@H](O)C[C@@H](O)C3)c2c1C.O=CO. The normalized spacial score (nSPS) is 19.9. The Balaban J connectivity index is 0.000000701. The van der Waals surface area contributed by atoms with Crippen LogP contribution < -0.4 is 4.90 Å². The van der Waals surface area contributed by atoms with Crippen molar-refractivity contribution in [3.05, 3.63) is 16.8 Å². The van der Waals surface area contributed by atoms with Crippen molar-refractivity contribution in [3.8, 4) is 0 Å². The van der Waals surface area contributed by atoms with E-state index < -0.39 is 18.2 Å². The second kappa shape index (κ2) is 8.19. The van der Waals surface area contributed by atoms with Gasteiger partial charge in [0, 0.05) is 19.5 Å². The molecule has 1 fully saturated rings. The lowest BCUT2D eigenvalue weighted by Crippen LogP contribution is -2.46. The Morgan fingerprint density at radius 2 is 1.96 bits per heavy atom. The summed E-state index contributed by atoms with van der Waals surface area (Å²) in [6.07, 6.45) is 0.587. The molecule has 3 rings (SSSR count). The van der Waals surface area contributed by atoms with Crippen LogP contribution in [0.4, 0.5) is 5.82 Å². The molecule has 3 N–H and O–H groups in total. The highest BCUT2D eigenvalue weighted by atomic mass is 32.1. The summed E-state index contributed by atoms with van der Waals surface area (Å²) in [6, 6.07) is 0. The Labute approximate surface area is 147 Å². The molecule has 0 spiro atoms. The van der Waals surface area contributed by atoms with Crippen molar-refractivity contribution in [1.82, 2.24) is 9.97 Å². The minimum absolute atomic E-state index is 0.250. The number of fused-ring (bicyclic) bond motifs is 1. The summed E-state index contributed by atoms with van der Waals surface area (Å²) in [5.74, 6) is 0.233. The molecule has 0 saturated carbocycles. The maximum atomic E-state index is 11.8. The molecule has 9 nitrogen and oxygen atoms in total. The smallest absolute Gasteiger partial charge is 0.348 e. The predicted octanol–water partition coefficient (Wildman–Crippen LogP) is 0.419. The Morgan fingerprint density at radius 1 is 1.36 bits per heavy atom. The first-order valence-corrected chi connectivity index (χ1v) is 8.25. The van der Waals surface area contributed by atoms with E-state index in [0.717, 1.165) is 10.9 Å². The van der Waals surface area contributed by atoms with Crippen LogP contribution in [0.3, 0.4) is 0 Å². The van der Waals surface area contributed by atoms with Gasteiger partial charge in [0.15, 0.2) is 0 Å². The maximum Gasteiger partial charge on any atom is 0.348 e. The summed E-state index contributed by atoms with van der Waals surface area (Å²) < 4.78 is 4.80. The summed E-state index contributed by atoms with van der Waals surface area (Å²) in [5.41, 5.74) is 0.761. The number of hydrogen-bond acceptors (Lipinski definition) is 9. The van der Waals surface area contributed by atoms with Crippen LogP contribution in [0.1, 0.15) is 21.7 Å². The van der Waals surface area contributed by atoms with E-state index >= 15 is 0 Å². The number of anilines is 1. The number of piperidine rings is 1. The monoisotopic (exact) mass is 369 g/mol. The fraction of sp³-hybridized carbons (Fsp3) is 0.467. The zero-order valence-corrected chi connectivity index (χ0v) is 14.6. The fourth-order valence-corrected chi connectivity index (χ4v) is 3.86. The number of aryl methyl sites for hydroxylation is 1. The van der Waals surface area contributed by atoms with E-state index in [2.05, 4.69) is 9.97 Å². The largest absolute Gasteiger partial charge is 0.483 e. The van der Waals surface area contributed by atoms with E-state index in [0.29, 0.717) is 35.0 Å². The van der Waals surface area contributed by atoms with Crippen molar-refractivity contribution >= 4 is 39.8 Å². The zero-order valence-electron chi connectivity index (χ0n) is 13.7. The standard InChI is InChI=1S/C14H17N3O4S.CH2O2/c1-7-10-12(17-4-8(18)3-9(19)5-17)15-6-16-13(10)22-11(7)14(20)21-2;2-1-3/h6,8-9,18-19H,3-5H2,1-2H3;1H,(H,2,3)/t8-,9-;/m1./s1. The third-order valence-electron chi connectivity index (χ3n) is 3.78. The molecule has 3 heterocycles. The van der Waals surface area contributed by atoms with E-state index in [1.54, 1.807) is 0 Å². The third-order valence-corrected chi connectivity index (χ3v) is 4.96. The molecule has 0 aromatic carbocycles. The van der Waals surface area contributed by atoms with Gasteiger partial charge in [-0.2, -0.15) is 0 Å². The number of carbonyl (C=O) groups excluding carboxylic acids is 1. The molecule has 0 radical (unpaired) electrons. The average Bonchev–Trinajstić information content (AvgIpc) is 2.91. The molecule has 1 aliphatic rings. The maximum absolute atomic E-state index is 11.8. The summed E-state index contributed by atoms with van der Waals surface area (Å²) in [7, 11) is 1.34. The molecule has 1 saturated heterocycles. The molecule has 0 bridgehead atoms. The van der Waals surface area contributed by atoms with Gasteiger partial charge in [0.1, 0.15) is 21.9 Å². The quantitative estimate of drug-likeness (QED) is 0.508. The van der Waals surface area contributed by atoms with Crippen LogP contribution in [0.5, 0.6) is 0 Å². The van der Waals surface area contributed by atoms with Gasteiger partial charge in [0.25, 0.3) is 6.47 Å². The van der Waals surface area contributed by atoms with E-state index in [1.165, 1.54) is 24.8 Å². The van der Waals surface area contributed by atoms with Crippen molar-refractivity contribution in [1.29, 1.82) is 0 Å². The number of aliphatic hydroxyl groups excluding tert-OH is 2. The molecular weight excluding hydrogens is 350 g/mol. The van der Waals surface area contributed by atoms with Crippen molar-refractivity contribution in [2.24, 2.45) is 0 Å². The predicted molar refractivity (Wildman–Crippen MR) is 91.0 cm³/mol. The third kappa shape index (κ3) is 4.03. The highest BCUT2D eigenvalue weighted by Crippen LogP contribution is 2.36. The number of aliphatic hydroxyl groups is 2. The lowest BCUT2D eigenvalue weighted by Gasteiger charge is -2.34. The number of ether oxygens (including phenoxy) is 1. The van der Waals surface area contributed by atoms with Crippen molar-refractivity contribution in [2.45, 2.75) is 25.6 Å². The van der Waals surface area contributed by atoms with E-state index in [-0.39, 0.29) is 6.47 Å². The first kappa shape index (κ1) is 19.0. The van der Waals surface area contributed by atoms with Crippen LogP contribution in [0.15, 0.2) is 6.33 Å². The first-order chi connectivity index (χ1) is 11.9. The number of esters is 1. The molecule has 2 atom stereocenters. The van der Waals surface area contributed by atoms with E-state index in [9.17, 15) is 15.0 Å². The van der Waals surface area contributed by atoms with Crippen molar-refractivity contribution in [2.75, 3.05) is 25.1 Å². The number of hydrogen-bond donors (Lipinski definition) is 3. The fourth-order valence-electron chi connectivity index (χ4n) is 2.80. The number of β-amino-alcohol motifs (C(OH)–C–C–N with tert-alkyl or cyclic N) is 2. The van der Waals surface area contributed by atoms with Crippen molar-refractivity contribution < 1.29 is 29.6 Å². The number of rotatable bonds is 2. The number of carbonyl (C=O) groups is 2. The van der Waals surface area contributed by atoms with Crippen LogP contribution in [0, 0.1) is 6.92 Å². The zero-order chi connectivity index (χ0) is 18.6. The van der Waals surface area contributed by atoms with E-state index in [4.69, 9.17) is 14.6 Å². The molecule has 0 unspecified atom stereocenters. The van der Waals surface area contributed by atoms with Gasteiger partial charge in [-0.05, 0) is 12.5 Å². The number of methoxy groups -OCH3 is 1. The second-order valence-electron chi connectivity index (χ2n) is 5.48. The van der Waals surface area contributed by atoms with Gasteiger partial charge in [0.05, 0.1) is 24.7 Å². The van der Waals surface area contributed by atoms with Crippen LogP contribution in [-0.2, 0) is 9.53 Å². The minimum atomic E-state index is -0.604. The lowest BCUT2D eigenvalue weighted by atomic mass is 10.0. The molecular formula is C15H19N3O6S. The molecule has 2 aromatic rings. The second-order valence-corrected chi connectivity index (χ2v) is 6.48.